The first-order valence-corrected chi connectivity index (χ1v) is 7.75. The van der Waals surface area contributed by atoms with Crippen LogP contribution in [0.4, 0.5) is 0 Å². The smallest absolute Gasteiger partial charge is 0.233 e. The topological polar surface area (TPSA) is 51.0 Å². The summed E-state index contributed by atoms with van der Waals surface area (Å²) in [6.07, 6.45) is 9.16. The van der Waals surface area contributed by atoms with Crippen molar-refractivity contribution < 1.29 is 4.42 Å². The summed E-state index contributed by atoms with van der Waals surface area (Å²) >= 11 is 0. The number of unbranched alkanes of at least 4 members (excludes halogenated alkanes) is 1. The van der Waals surface area contributed by atoms with Crippen molar-refractivity contribution in [1.29, 1.82) is 0 Å². The minimum Gasteiger partial charge on any atom is -0.423 e. The summed E-state index contributed by atoms with van der Waals surface area (Å²) in [5.41, 5.74) is 0. The third-order valence-corrected chi connectivity index (χ3v) is 4.42. The van der Waals surface area contributed by atoms with Gasteiger partial charge in [-0.05, 0) is 45.6 Å². The Bertz CT molecular complexity index is 369. The van der Waals surface area contributed by atoms with Gasteiger partial charge >= 0.3 is 0 Å². The van der Waals surface area contributed by atoms with Crippen LogP contribution in [0.2, 0.25) is 0 Å². The molecule has 0 amide bonds. The minimum absolute atomic E-state index is 0.141. The lowest BCUT2D eigenvalue weighted by Crippen LogP contribution is -2.14. The molecule has 1 saturated carbocycles. The van der Waals surface area contributed by atoms with Crippen molar-refractivity contribution in [2.45, 2.75) is 70.8 Å². The van der Waals surface area contributed by atoms with Crippen molar-refractivity contribution in [3.63, 3.8) is 0 Å². The number of nitrogens with one attached hydrogen (secondary N) is 1. The Morgan fingerprint density at radius 3 is 2.63 bits per heavy atom. The van der Waals surface area contributed by atoms with E-state index < -0.39 is 0 Å². The van der Waals surface area contributed by atoms with Crippen molar-refractivity contribution in [2.24, 2.45) is 5.92 Å². The maximum absolute atomic E-state index is 5.81. The predicted molar refractivity (Wildman–Crippen MR) is 76.0 cm³/mol. The summed E-state index contributed by atoms with van der Waals surface area (Å²) in [6.45, 7) is 4.31. The van der Waals surface area contributed by atoms with E-state index in [1.165, 1.54) is 44.9 Å². The first kappa shape index (κ1) is 14.5. The molecule has 0 bridgehead atoms. The van der Waals surface area contributed by atoms with Gasteiger partial charge in [-0.25, -0.2) is 0 Å². The van der Waals surface area contributed by atoms with Gasteiger partial charge in [-0.3, -0.25) is 0 Å². The Morgan fingerprint density at radius 1 is 1.26 bits per heavy atom. The molecule has 1 atom stereocenters. The summed E-state index contributed by atoms with van der Waals surface area (Å²) in [7, 11) is 1.91. The summed E-state index contributed by atoms with van der Waals surface area (Å²) in [5.74, 6) is 2.98. The lowest BCUT2D eigenvalue weighted by Gasteiger charge is -2.26. The van der Waals surface area contributed by atoms with Crippen molar-refractivity contribution in [3.8, 4) is 0 Å². The van der Waals surface area contributed by atoms with Crippen LogP contribution in [-0.4, -0.2) is 17.2 Å². The highest BCUT2D eigenvalue weighted by Crippen LogP contribution is 2.37. The minimum atomic E-state index is 0.141. The van der Waals surface area contributed by atoms with Gasteiger partial charge in [-0.15, -0.1) is 10.2 Å². The van der Waals surface area contributed by atoms with Crippen LogP contribution in [0.3, 0.4) is 0 Å². The Labute approximate surface area is 116 Å². The maximum atomic E-state index is 5.81. The molecule has 1 heterocycles. The van der Waals surface area contributed by atoms with Gasteiger partial charge < -0.3 is 9.73 Å². The molecule has 1 aromatic rings. The van der Waals surface area contributed by atoms with E-state index in [0.717, 1.165) is 11.8 Å². The van der Waals surface area contributed by atoms with Crippen LogP contribution in [0.1, 0.15) is 82.5 Å². The van der Waals surface area contributed by atoms with Gasteiger partial charge in [0.15, 0.2) is 0 Å². The quantitative estimate of drug-likeness (QED) is 0.849. The van der Waals surface area contributed by atoms with Crippen LogP contribution < -0.4 is 5.32 Å². The van der Waals surface area contributed by atoms with Gasteiger partial charge in [-0.1, -0.05) is 26.2 Å². The number of aromatic nitrogens is 2. The van der Waals surface area contributed by atoms with Gasteiger partial charge in [-0.2, -0.15) is 0 Å². The number of nitrogens with zero attached hydrogens (tertiary/aromatic N) is 2. The van der Waals surface area contributed by atoms with Crippen molar-refractivity contribution in [2.75, 3.05) is 7.05 Å². The maximum Gasteiger partial charge on any atom is 0.233 e. The molecule has 1 fully saturated rings. The molecular weight excluding hydrogens is 238 g/mol. The van der Waals surface area contributed by atoms with Crippen LogP contribution in [0.15, 0.2) is 4.42 Å². The zero-order chi connectivity index (χ0) is 13.7. The van der Waals surface area contributed by atoms with E-state index in [-0.39, 0.29) is 6.04 Å². The molecule has 0 saturated heterocycles. The molecule has 108 valence electrons. The molecule has 0 radical (unpaired) electrons. The summed E-state index contributed by atoms with van der Waals surface area (Å²) in [5, 5.41) is 11.5. The zero-order valence-electron chi connectivity index (χ0n) is 12.5. The molecule has 1 aromatic heterocycles. The highest BCUT2D eigenvalue weighted by Gasteiger charge is 2.26. The third kappa shape index (κ3) is 3.78. The number of hydrogen-bond acceptors (Lipinski definition) is 4. The van der Waals surface area contributed by atoms with Crippen LogP contribution in [-0.2, 0) is 0 Å². The molecule has 0 spiro atoms. The molecule has 1 aliphatic carbocycles. The van der Waals surface area contributed by atoms with E-state index in [4.69, 9.17) is 4.42 Å². The van der Waals surface area contributed by atoms with Crippen LogP contribution in [0, 0.1) is 5.92 Å². The Morgan fingerprint density at radius 2 is 2.00 bits per heavy atom. The molecule has 4 nitrogen and oxygen atoms in total. The molecule has 1 unspecified atom stereocenters. The average molecular weight is 265 g/mol. The number of hydrogen-bond donors (Lipinski definition) is 1. The Kier molecular flexibility index (Phi) is 5.37. The largest absolute Gasteiger partial charge is 0.423 e. The van der Waals surface area contributed by atoms with Crippen molar-refractivity contribution >= 4 is 0 Å². The van der Waals surface area contributed by atoms with Gasteiger partial charge in [0.05, 0.1) is 6.04 Å². The fourth-order valence-corrected chi connectivity index (χ4v) is 2.90. The second-order valence-corrected chi connectivity index (χ2v) is 5.85. The SMILES string of the molecule is CCCCC1CCC(c2nnc(C(C)NC)o2)CC1. The van der Waals surface area contributed by atoms with Gasteiger partial charge in [0.25, 0.3) is 0 Å². The predicted octanol–water partition coefficient (Wildman–Crippen LogP) is 3.81. The summed E-state index contributed by atoms with van der Waals surface area (Å²) in [6, 6.07) is 0.141. The number of rotatable bonds is 6. The second kappa shape index (κ2) is 7.04. The molecule has 1 aliphatic rings. The first-order valence-electron chi connectivity index (χ1n) is 7.75. The Hall–Kier alpha value is -0.900. The van der Waals surface area contributed by atoms with E-state index in [0.29, 0.717) is 11.8 Å². The summed E-state index contributed by atoms with van der Waals surface area (Å²) < 4.78 is 5.81. The molecule has 0 aliphatic heterocycles. The molecule has 4 heteroatoms. The highest BCUT2D eigenvalue weighted by molar-refractivity contribution is 4.96. The standard InChI is InChI=1S/C15H27N3O/c1-4-5-6-12-7-9-13(10-8-12)15-18-17-14(19-15)11(2)16-3/h11-13,16H,4-10H2,1-3H3. The fraction of sp³-hybridized carbons (Fsp3) is 0.867. The Balaban J connectivity index is 1.85. The molecule has 1 N–H and O–H groups in total. The van der Waals surface area contributed by atoms with Gasteiger partial charge in [0.1, 0.15) is 0 Å². The van der Waals surface area contributed by atoms with Crippen LogP contribution >= 0.6 is 0 Å². The van der Waals surface area contributed by atoms with Gasteiger partial charge in [0, 0.05) is 5.92 Å². The first-order chi connectivity index (χ1) is 9.24. The molecule has 19 heavy (non-hydrogen) atoms. The van der Waals surface area contributed by atoms with Crippen molar-refractivity contribution in [1.82, 2.24) is 15.5 Å². The van der Waals surface area contributed by atoms with E-state index in [1.54, 1.807) is 0 Å². The van der Waals surface area contributed by atoms with Gasteiger partial charge in [0.2, 0.25) is 11.8 Å². The lowest BCUT2D eigenvalue weighted by atomic mass is 9.80. The summed E-state index contributed by atoms with van der Waals surface area (Å²) in [4.78, 5) is 0. The fourth-order valence-electron chi connectivity index (χ4n) is 2.90. The molecular formula is C15H27N3O. The van der Waals surface area contributed by atoms with Crippen LogP contribution in [0.25, 0.3) is 0 Å². The average Bonchev–Trinajstić information content (AvgIpc) is 2.94. The van der Waals surface area contributed by atoms with Crippen molar-refractivity contribution in [3.05, 3.63) is 11.8 Å². The van der Waals surface area contributed by atoms with Crippen LogP contribution in [0.5, 0.6) is 0 Å². The second-order valence-electron chi connectivity index (χ2n) is 5.85. The zero-order valence-corrected chi connectivity index (χ0v) is 12.5. The van der Waals surface area contributed by atoms with E-state index in [1.807, 2.05) is 14.0 Å². The molecule has 2 rings (SSSR count). The highest BCUT2D eigenvalue weighted by atomic mass is 16.4. The monoisotopic (exact) mass is 265 g/mol. The van der Waals surface area contributed by atoms with E-state index in [2.05, 4.69) is 22.4 Å². The molecule has 0 aromatic carbocycles. The van der Waals surface area contributed by atoms with E-state index >= 15 is 0 Å². The third-order valence-electron chi connectivity index (χ3n) is 4.42. The van der Waals surface area contributed by atoms with E-state index in [9.17, 15) is 0 Å². The lowest BCUT2D eigenvalue weighted by molar-refractivity contribution is 0.271. The normalized spacial score (nSPS) is 25.4.